The van der Waals surface area contributed by atoms with Gasteiger partial charge in [0.1, 0.15) is 5.82 Å². The molecule has 0 bridgehead atoms. The number of thiazole rings is 1. The molecule has 0 N–H and O–H groups in total. The molecule has 4 rings (SSSR count). The van der Waals surface area contributed by atoms with Gasteiger partial charge in [-0.2, -0.15) is 9.50 Å². The fraction of sp³-hybridized carbons (Fsp3) is 0.0556. The van der Waals surface area contributed by atoms with Crippen LogP contribution in [0.4, 0.5) is 4.39 Å². The van der Waals surface area contributed by atoms with Crippen LogP contribution in [0, 0.1) is 12.7 Å². The van der Waals surface area contributed by atoms with Crippen LogP contribution < -0.4 is 10.1 Å². The molecule has 0 fully saturated rings. The van der Waals surface area contributed by atoms with Crippen LogP contribution in [0.3, 0.4) is 0 Å². The summed E-state index contributed by atoms with van der Waals surface area (Å²) in [6.45, 7) is 1.97. The first-order chi connectivity index (χ1) is 11.6. The lowest BCUT2D eigenvalue weighted by Gasteiger charge is -1.98. The molecule has 0 unspecified atom stereocenters. The molecule has 6 heteroatoms. The van der Waals surface area contributed by atoms with E-state index in [0.717, 1.165) is 11.1 Å². The van der Waals surface area contributed by atoms with Crippen molar-refractivity contribution in [3.05, 3.63) is 80.4 Å². The van der Waals surface area contributed by atoms with Gasteiger partial charge in [-0.25, -0.2) is 4.39 Å². The second-order valence-electron chi connectivity index (χ2n) is 5.38. The Labute approximate surface area is 140 Å². The van der Waals surface area contributed by atoms with Crippen LogP contribution in [0.1, 0.15) is 11.1 Å². The average Bonchev–Trinajstić information content (AvgIpc) is 3.10. The van der Waals surface area contributed by atoms with Crippen LogP contribution in [0.5, 0.6) is 0 Å². The molecule has 0 aliphatic heterocycles. The van der Waals surface area contributed by atoms with Crippen molar-refractivity contribution < 1.29 is 4.39 Å². The quantitative estimate of drug-likeness (QED) is 0.565. The van der Waals surface area contributed by atoms with Gasteiger partial charge in [-0.3, -0.25) is 4.79 Å². The van der Waals surface area contributed by atoms with Crippen LogP contribution >= 0.6 is 11.3 Å². The zero-order valence-corrected chi connectivity index (χ0v) is 13.5. The Hall–Kier alpha value is -2.86. The third kappa shape index (κ3) is 2.41. The first kappa shape index (κ1) is 14.7. The minimum absolute atomic E-state index is 0.286. The number of nitrogens with zero attached hydrogens (tertiary/aromatic N) is 3. The molecule has 2 heterocycles. The van der Waals surface area contributed by atoms with Gasteiger partial charge in [0, 0.05) is 11.1 Å². The number of halogens is 1. The van der Waals surface area contributed by atoms with E-state index in [0.29, 0.717) is 20.9 Å². The molecule has 0 atom stereocenters. The summed E-state index contributed by atoms with van der Waals surface area (Å²) < 4.78 is 15.4. The topological polar surface area (TPSA) is 47.3 Å². The number of fused-ring (bicyclic) bond motifs is 1. The summed E-state index contributed by atoms with van der Waals surface area (Å²) in [5.74, 6) is 0.158. The van der Waals surface area contributed by atoms with Gasteiger partial charge in [-0.05, 0) is 24.6 Å². The number of aromatic nitrogens is 3. The average molecular weight is 337 g/mol. The van der Waals surface area contributed by atoms with Gasteiger partial charge in [-0.1, -0.05) is 53.8 Å². The fourth-order valence-electron chi connectivity index (χ4n) is 2.50. The SMILES string of the molecule is Cc1ccccc1-c1nc2sc(=Cc3ccccc3F)c(=O)n2n1. The Balaban J connectivity index is 1.87. The molecule has 2 aromatic heterocycles. The number of aryl methyl sites for hydroxylation is 1. The standard InChI is InChI=1S/C18H12FN3OS/c1-11-6-2-4-8-13(11)16-20-18-22(21-16)17(23)15(24-18)10-12-7-3-5-9-14(12)19/h2-10H,1H3. The maximum Gasteiger partial charge on any atom is 0.291 e. The predicted octanol–water partition coefficient (Wildman–Crippen LogP) is 2.81. The Morgan fingerprint density at radius 3 is 2.62 bits per heavy atom. The highest BCUT2D eigenvalue weighted by molar-refractivity contribution is 7.15. The Kier molecular flexibility index (Phi) is 3.46. The Morgan fingerprint density at radius 2 is 1.88 bits per heavy atom. The van der Waals surface area contributed by atoms with Gasteiger partial charge in [0.25, 0.3) is 5.56 Å². The normalized spacial score (nSPS) is 12.2. The highest BCUT2D eigenvalue weighted by Crippen LogP contribution is 2.20. The molecule has 0 spiro atoms. The molecule has 4 nitrogen and oxygen atoms in total. The summed E-state index contributed by atoms with van der Waals surface area (Å²) in [5.41, 5.74) is 2.03. The van der Waals surface area contributed by atoms with E-state index in [9.17, 15) is 9.18 Å². The first-order valence-corrected chi connectivity index (χ1v) is 8.17. The van der Waals surface area contributed by atoms with Crippen LogP contribution in [0.15, 0.2) is 53.3 Å². The van der Waals surface area contributed by atoms with Crippen LogP contribution in [0.2, 0.25) is 0 Å². The zero-order chi connectivity index (χ0) is 16.7. The molecule has 118 valence electrons. The van der Waals surface area contributed by atoms with Crippen molar-refractivity contribution in [2.24, 2.45) is 0 Å². The molecule has 0 radical (unpaired) electrons. The summed E-state index contributed by atoms with van der Waals surface area (Å²) >= 11 is 1.20. The van der Waals surface area contributed by atoms with Crippen molar-refractivity contribution in [1.82, 2.24) is 14.6 Å². The van der Waals surface area contributed by atoms with E-state index in [2.05, 4.69) is 10.1 Å². The van der Waals surface area contributed by atoms with Crippen LogP contribution in [0.25, 0.3) is 22.4 Å². The van der Waals surface area contributed by atoms with Gasteiger partial charge < -0.3 is 0 Å². The molecule has 0 saturated heterocycles. The third-order valence-corrected chi connectivity index (χ3v) is 4.72. The number of hydrogen-bond donors (Lipinski definition) is 0. The molecule has 4 aromatic rings. The summed E-state index contributed by atoms with van der Waals surface area (Å²) in [6, 6.07) is 14.1. The minimum atomic E-state index is -0.364. The highest BCUT2D eigenvalue weighted by atomic mass is 32.1. The lowest BCUT2D eigenvalue weighted by atomic mass is 10.1. The summed E-state index contributed by atoms with van der Waals surface area (Å²) in [7, 11) is 0. The van der Waals surface area contributed by atoms with Gasteiger partial charge in [0.05, 0.1) is 4.53 Å². The molecule has 0 amide bonds. The smallest absolute Gasteiger partial charge is 0.266 e. The Bertz CT molecular complexity index is 1160. The number of rotatable bonds is 2. The van der Waals surface area contributed by atoms with E-state index in [4.69, 9.17) is 0 Å². The van der Waals surface area contributed by atoms with Crippen molar-refractivity contribution in [3.8, 4) is 11.4 Å². The van der Waals surface area contributed by atoms with E-state index in [1.54, 1.807) is 18.2 Å². The van der Waals surface area contributed by atoms with Gasteiger partial charge in [-0.15, -0.1) is 5.10 Å². The van der Waals surface area contributed by atoms with Gasteiger partial charge >= 0.3 is 0 Å². The maximum absolute atomic E-state index is 13.8. The summed E-state index contributed by atoms with van der Waals surface area (Å²) in [5, 5.41) is 4.32. The molecule has 0 aliphatic rings. The van der Waals surface area contributed by atoms with Gasteiger partial charge in [0.15, 0.2) is 5.82 Å². The molecule has 0 saturated carbocycles. The molecule has 0 aliphatic carbocycles. The largest absolute Gasteiger partial charge is 0.291 e. The molecular weight excluding hydrogens is 325 g/mol. The van der Waals surface area contributed by atoms with Crippen molar-refractivity contribution >= 4 is 22.4 Å². The van der Waals surface area contributed by atoms with Crippen LogP contribution in [-0.2, 0) is 0 Å². The van der Waals surface area contributed by atoms with E-state index >= 15 is 0 Å². The summed E-state index contributed by atoms with van der Waals surface area (Å²) in [4.78, 5) is 17.4. The first-order valence-electron chi connectivity index (χ1n) is 7.35. The highest BCUT2D eigenvalue weighted by Gasteiger charge is 2.13. The maximum atomic E-state index is 13.8. The van der Waals surface area contributed by atoms with E-state index in [-0.39, 0.29) is 11.4 Å². The lowest BCUT2D eigenvalue weighted by molar-refractivity contribution is 0.625. The molecule has 24 heavy (non-hydrogen) atoms. The van der Waals surface area contributed by atoms with Crippen molar-refractivity contribution in [3.63, 3.8) is 0 Å². The monoisotopic (exact) mass is 337 g/mol. The summed E-state index contributed by atoms with van der Waals surface area (Å²) in [6.07, 6.45) is 1.53. The minimum Gasteiger partial charge on any atom is -0.266 e. The molecular formula is C18H12FN3OS. The number of hydrogen-bond acceptors (Lipinski definition) is 4. The Morgan fingerprint density at radius 1 is 1.12 bits per heavy atom. The van der Waals surface area contributed by atoms with Crippen molar-refractivity contribution in [1.29, 1.82) is 0 Å². The van der Waals surface area contributed by atoms with E-state index in [1.807, 2.05) is 31.2 Å². The fourth-order valence-corrected chi connectivity index (χ4v) is 3.40. The third-order valence-electron chi connectivity index (χ3n) is 3.76. The second-order valence-corrected chi connectivity index (χ2v) is 6.39. The second kappa shape index (κ2) is 5.65. The zero-order valence-electron chi connectivity index (χ0n) is 12.7. The predicted molar refractivity (Wildman–Crippen MR) is 92.5 cm³/mol. The molecule has 2 aromatic carbocycles. The van der Waals surface area contributed by atoms with E-state index < -0.39 is 0 Å². The van der Waals surface area contributed by atoms with E-state index in [1.165, 1.54) is 28.0 Å². The van der Waals surface area contributed by atoms with Gasteiger partial charge in [0.2, 0.25) is 4.96 Å². The lowest BCUT2D eigenvalue weighted by Crippen LogP contribution is -2.23. The van der Waals surface area contributed by atoms with Crippen molar-refractivity contribution in [2.75, 3.05) is 0 Å². The van der Waals surface area contributed by atoms with Crippen LogP contribution in [-0.4, -0.2) is 14.6 Å². The van der Waals surface area contributed by atoms with Crippen molar-refractivity contribution in [2.45, 2.75) is 6.92 Å². The number of benzene rings is 2.